The molecule has 206 valence electrons. The standard InChI is InChI=1S/C26H33F3N6O3/c27-26(28,29)23-22(38-25(32-23)35-12-2-1-3-13-35)24(37)31-19-6-7-20(30-17-19)33-14-8-18(9-15-33)16-21(36)34-10-4-5-11-34/h6-7,17-18H,1-5,8-16H2,(H,31,37). The lowest BCUT2D eigenvalue weighted by Gasteiger charge is -2.33. The van der Waals surface area contributed by atoms with Crippen molar-refractivity contribution in [1.29, 1.82) is 0 Å². The lowest BCUT2D eigenvalue weighted by atomic mass is 9.93. The van der Waals surface area contributed by atoms with Crippen LogP contribution in [0.4, 0.5) is 30.7 Å². The van der Waals surface area contributed by atoms with Crippen LogP contribution >= 0.6 is 0 Å². The summed E-state index contributed by atoms with van der Waals surface area (Å²) in [4.78, 5) is 38.9. The average molecular weight is 535 g/mol. The molecule has 5 rings (SSSR count). The molecule has 0 atom stereocenters. The van der Waals surface area contributed by atoms with E-state index in [4.69, 9.17) is 4.42 Å². The number of carbonyl (C=O) groups is 2. The number of carbonyl (C=O) groups excluding carboxylic acids is 2. The quantitative estimate of drug-likeness (QED) is 0.581. The molecular weight excluding hydrogens is 501 g/mol. The Balaban J connectivity index is 1.18. The summed E-state index contributed by atoms with van der Waals surface area (Å²) in [5.74, 6) is -0.547. The molecule has 0 unspecified atom stereocenters. The van der Waals surface area contributed by atoms with Gasteiger partial charge in [-0.3, -0.25) is 9.59 Å². The van der Waals surface area contributed by atoms with Crippen LogP contribution in [0.5, 0.6) is 0 Å². The van der Waals surface area contributed by atoms with Gasteiger partial charge in [0, 0.05) is 45.7 Å². The number of nitrogens with zero attached hydrogens (tertiary/aromatic N) is 5. The summed E-state index contributed by atoms with van der Waals surface area (Å²) in [5, 5.41) is 2.46. The molecule has 5 heterocycles. The highest BCUT2D eigenvalue weighted by molar-refractivity contribution is 6.03. The number of rotatable bonds is 6. The summed E-state index contributed by atoms with van der Waals surface area (Å²) in [7, 11) is 0. The van der Waals surface area contributed by atoms with Gasteiger partial charge < -0.3 is 24.4 Å². The first-order valence-electron chi connectivity index (χ1n) is 13.4. The number of amides is 2. The first kappa shape index (κ1) is 26.3. The summed E-state index contributed by atoms with van der Waals surface area (Å²) in [6.07, 6.45) is 3.82. The van der Waals surface area contributed by atoms with Crippen LogP contribution in [0.2, 0.25) is 0 Å². The Hall–Kier alpha value is -3.31. The predicted molar refractivity (Wildman–Crippen MR) is 135 cm³/mol. The molecule has 2 aromatic heterocycles. The van der Waals surface area contributed by atoms with Gasteiger partial charge in [0.05, 0.1) is 11.9 Å². The fraction of sp³-hybridized carbons (Fsp3) is 0.615. The fourth-order valence-corrected chi connectivity index (χ4v) is 5.42. The molecule has 12 heteroatoms. The Morgan fingerprint density at radius 1 is 0.947 bits per heavy atom. The van der Waals surface area contributed by atoms with Crippen molar-refractivity contribution in [2.45, 2.75) is 57.5 Å². The Kier molecular flexibility index (Phi) is 7.75. The maximum atomic E-state index is 13.6. The molecule has 3 fully saturated rings. The van der Waals surface area contributed by atoms with E-state index in [9.17, 15) is 22.8 Å². The van der Waals surface area contributed by atoms with Gasteiger partial charge >= 0.3 is 6.18 Å². The second kappa shape index (κ2) is 11.2. The number of likely N-dealkylation sites (tertiary alicyclic amines) is 1. The van der Waals surface area contributed by atoms with Gasteiger partial charge in [0.1, 0.15) is 5.82 Å². The number of hydrogen-bond donors (Lipinski definition) is 1. The molecular formula is C26H33F3N6O3. The van der Waals surface area contributed by atoms with Gasteiger partial charge in [-0.25, -0.2) is 4.98 Å². The van der Waals surface area contributed by atoms with E-state index >= 15 is 0 Å². The third-order valence-electron chi connectivity index (χ3n) is 7.58. The van der Waals surface area contributed by atoms with E-state index in [0.717, 1.165) is 76.9 Å². The molecule has 0 bridgehead atoms. The molecule has 2 aromatic rings. The van der Waals surface area contributed by atoms with Gasteiger partial charge in [0.2, 0.25) is 11.7 Å². The maximum Gasteiger partial charge on any atom is 0.437 e. The van der Waals surface area contributed by atoms with Crippen molar-refractivity contribution >= 4 is 29.3 Å². The number of halogens is 3. The summed E-state index contributed by atoms with van der Waals surface area (Å²) in [6, 6.07) is 3.16. The second-order valence-electron chi connectivity index (χ2n) is 10.3. The molecule has 3 aliphatic heterocycles. The normalized spacial score (nSPS) is 19.2. The third kappa shape index (κ3) is 6.05. The van der Waals surface area contributed by atoms with Crippen molar-refractivity contribution < 1.29 is 27.2 Å². The highest BCUT2D eigenvalue weighted by Crippen LogP contribution is 2.35. The smallest absolute Gasteiger partial charge is 0.417 e. The van der Waals surface area contributed by atoms with Crippen molar-refractivity contribution in [3.05, 3.63) is 29.8 Å². The Morgan fingerprint density at radius 2 is 1.63 bits per heavy atom. The minimum Gasteiger partial charge on any atom is -0.417 e. The summed E-state index contributed by atoms with van der Waals surface area (Å²) in [5.41, 5.74) is -1.07. The van der Waals surface area contributed by atoms with E-state index < -0.39 is 23.5 Å². The number of nitrogens with one attached hydrogen (secondary N) is 1. The minimum atomic E-state index is -4.82. The lowest BCUT2D eigenvalue weighted by molar-refractivity contribution is -0.141. The van der Waals surface area contributed by atoms with E-state index in [2.05, 4.69) is 20.2 Å². The van der Waals surface area contributed by atoms with E-state index in [0.29, 0.717) is 25.4 Å². The van der Waals surface area contributed by atoms with Crippen LogP contribution in [0, 0.1) is 5.92 Å². The molecule has 3 aliphatic rings. The van der Waals surface area contributed by atoms with Crippen molar-refractivity contribution in [1.82, 2.24) is 14.9 Å². The van der Waals surface area contributed by atoms with Gasteiger partial charge in [0.25, 0.3) is 11.9 Å². The Bertz CT molecular complexity index is 1120. The molecule has 1 N–H and O–H groups in total. The predicted octanol–water partition coefficient (Wildman–Crippen LogP) is 4.56. The van der Waals surface area contributed by atoms with E-state index in [-0.39, 0.29) is 17.6 Å². The molecule has 0 saturated carbocycles. The number of aromatic nitrogens is 2. The number of alkyl halides is 3. The molecule has 3 saturated heterocycles. The zero-order valence-corrected chi connectivity index (χ0v) is 21.3. The van der Waals surface area contributed by atoms with Crippen molar-refractivity contribution in [2.75, 3.05) is 54.4 Å². The molecule has 38 heavy (non-hydrogen) atoms. The molecule has 9 nitrogen and oxygen atoms in total. The number of piperidine rings is 2. The van der Waals surface area contributed by atoms with Gasteiger partial charge in [-0.1, -0.05) is 0 Å². The van der Waals surface area contributed by atoms with Crippen LogP contribution in [0.25, 0.3) is 0 Å². The molecule has 0 aliphatic carbocycles. The molecule has 0 aromatic carbocycles. The highest BCUT2D eigenvalue weighted by Gasteiger charge is 2.42. The van der Waals surface area contributed by atoms with Crippen molar-refractivity contribution in [2.24, 2.45) is 5.92 Å². The monoisotopic (exact) mass is 534 g/mol. The lowest BCUT2D eigenvalue weighted by Crippen LogP contribution is -2.37. The molecule has 2 amide bonds. The first-order valence-corrected chi connectivity index (χ1v) is 13.4. The third-order valence-corrected chi connectivity index (χ3v) is 7.58. The van der Waals surface area contributed by atoms with Gasteiger partial charge in [0.15, 0.2) is 5.69 Å². The van der Waals surface area contributed by atoms with Gasteiger partial charge in [-0.2, -0.15) is 18.2 Å². The van der Waals surface area contributed by atoms with Gasteiger partial charge in [-0.05, 0) is 63.0 Å². The number of pyridine rings is 1. The zero-order chi connectivity index (χ0) is 26.7. The summed E-state index contributed by atoms with van der Waals surface area (Å²) in [6.45, 7) is 4.36. The Labute approximate surface area is 219 Å². The van der Waals surface area contributed by atoms with Crippen LogP contribution < -0.4 is 15.1 Å². The van der Waals surface area contributed by atoms with Gasteiger partial charge in [-0.15, -0.1) is 0 Å². The highest BCUT2D eigenvalue weighted by atomic mass is 19.4. The van der Waals surface area contributed by atoms with Crippen LogP contribution in [0.3, 0.4) is 0 Å². The number of oxazole rings is 1. The van der Waals surface area contributed by atoms with E-state index in [1.807, 2.05) is 4.90 Å². The van der Waals surface area contributed by atoms with Crippen LogP contribution in [0.15, 0.2) is 22.7 Å². The van der Waals surface area contributed by atoms with Crippen LogP contribution in [0.1, 0.15) is 67.6 Å². The first-order chi connectivity index (χ1) is 18.3. The average Bonchev–Trinajstić information content (AvgIpc) is 3.61. The fourth-order valence-electron chi connectivity index (χ4n) is 5.42. The van der Waals surface area contributed by atoms with Crippen LogP contribution in [-0.2, 0) is 11.0 Å². The van der Waals surface area contributed by atoms with Crippen molar-refractivity contribution in [3.63, 3.8) is 0 Å². The summed E-state index contributed by atoms with van der Waals surface area (Å²) < 4.78 is 46.1. The molecule has 0 spiro atoms. The SMILES string of the molecule is O=C(Nc1ccc(N2CCC(CC(=O)N3CCCC3)CC2)nc1)c1oc(N2CCCCC2)nc1C(F)(F)F. The van der Waals surface area contributed by atoms with E-state index in [1.54, 1.807) is 17.0 Å². The molecule has 0 radical (unpaired) electrons. The van der Waals surface area contributed by atoms with E-state index in [1.165, 1.54) is 6.20 Å². The second-order valence-corrected chi connectivity index (χ2v) is 10.3. The van der Waals surface area contributed by atoms with Crippen LogP contribution in [-0.4, -0.2) is 66.0 Å². The number of anilines is 3. The number of hydrogen-bond acceptors (Lipinski definition) is 7. The van der Waals surface area contributed by atoms with Crippen molar-refractivity contribution in [3.8, 4) is 0 Å². The Morgan fingerprint density at radius 3 is 2.26 bits per heavy atom. The maximum absolute atomic E-state index is 13.6. The summed E-state index contributed by atoms with van der Waals surface area (Å²) >= 11 is 0. The minimum absolute atomic E-state index is 0.179. The largest absolute Gasteiger partial charge is 0.437 e. The topological polar surface area (TPSA) is 94.8 Å². The zero-order valence-electron chi connectivity index (χ0n) is 21.3.